The lowest BCUT2D eigenvalue weighted by atomic mass is 10.3. The molecule has 1 heterocycles. The molecular weight excluding hydrogens is 348 g/mol. The monoisotopic (exact) mass is 374 g/mol. The van der Waals surface area contributed by atoms with E-state index in [1.165, 1.54) is 7.11 Å². The zero-order chi connectivity index (χ0) is 19.4. The third-order valence-electron chi connectivity index (χ3n) is 3.51. The van der Waals surface area contributed by atoms with Crippen LogP contribution in [0.1, 0.15) is 39.0 Å². The van der Waals surface area contributed by atoms with Gasteiger partial charge in [-0.15, -0.1) is 5.06 Å². The molecule has 1 unspecified atom stereocenters. The first-order chi connectivity index (χ1) is 12.5. The Hall–Kier alpha value is -2.20. The Morgan fingerprint density at radius 3 is 2.50 bits per heavy atom. The molecule has 10 nitrogen and oxygen atoms in total. The lowest BCUT2D eigenvalue weighted by Gasteiger charge is -2.16. The molecule has 1 aliphatic heterocycles. The number of hydrogen-bond donors (Lipinski definition) is 1. The molecule has 1 saturated heterocycles. The number of nitrogens with one attached hydrogen (secondary N) is 1. The van der Waals surface area contributed by atoms with E-state index in [4.69, 9.17) is 19.0 Å². The molecule has 0 saturated carbocycles. The number of alkyl carbamates (subject to hydrolysis) is 1. The van der Waals surface area contributed by atoms with Crippen LogP contribution < -0.4 is 5.32 Å². The summed E-state index contributed by atoms with van der Waals surface area (Å²) in [4.78, 5) is 50.5. The van der Waals surface area contributed by atoms with E-state index < -0.39 is 23.9 Å². The normalized spacial score (nSPS) is 15.1. The van der Waals surface area contributed by atoms with Gasteiger partial charge in [0, 0.05) is 33.1 Å². The van der Waals surface area contributed by atoms with Gasteiger partial charge in [0.1, 0.15) is 6.61 Å². The van der Waals surface area contributed by atoms with Gasteiger partial charge >= 0.3 is 12.1 Å². The third-order valence-corrected chi connectivity index (χ3v) is 3.51. The Balaban J connectivity index is 2.14. The SMILES string of the molecule is CCC(COC(=O)NCCOC)OCCCC(=O)ON1C(=O)CCC1=O. The maximum atomic E-state index is 11.6. The van der Waals surface area contributed by atoms with E-state index in [9.17, 15) is 19.2 Å². The second kappa shape index (κ2) is 12.2. The summed E-state index contributed by atoms with van der Waals surface area (Å²) in [7, 11) is 1.53. The van der Waals surface area contributed by atoms with Crippen molar-refractivity contribution < 1.29 is 38.2 Å². The van der Waals surface area contributed by atoms with Crippen molar-refractivity contribution in [2.24, 2.45) is 0 Å². The smallest absolute Gasteiger partial charge is 0.407 e. The van der Waals surface area contributed by atoms with E-state index in [2.05, 4.69) is 5.32 Å². The molecule has 0 aromatic rings. The zero-order valence-corrected chi connectivity index (χ0v) is 15.2. The molecule has 3 amide bonds. The van der Waals surface area contributed by atoms with Gasteiger partial charge < -0.3 is 24.4 Å². The van der Waals surface area contributed by atoms with Crippen LogP contribution in [-0.4, -0.2) is 68.5 Å². The molecule has 0 spiro atoms. The van der Waals surface area contributed by atoms with Crippen LogP contribution in [0.5, 0.6) is 0 Å². The molecule has 10 heteroatoms. The molecule has 148 valence electrons. The zero-order valence-electron chi connectivity index (χ0n) is 15.2. The molecule has 0 radical (unpaired) electrons. The quantitative estimate of drug-likeness (QED) is 0.388. The highest BCUT2D eigenvalue weighted by Gasteiger charge is 2.32. The van der Waals surface area contributed by atoms with E-state index in [0.29, 0.717) is 31.1 Å². The summed E-state index contributed by atoms with van der Waals surface area (Å²) in [6.45, 7) is 2.99. The summed E-state index contributed by atoms with van der Waals surface area (Å²) < 4.78 is 15.4. The van der Waals surface area contributed by atoms with Crippen LogP contribution in [0.25, 0.3) is 0 Å². The second-order valence-corrected chi connectivity index (χ2v) is 5.57. The fraction of sp³-hybridized carbons (Fsp3) is 0.750. The maximum Gasteiger partial charge on any atom is 0.407 e. The molecule has 1 atom stereocenters. The van der Waals surface area contributed by atoms with Crippen LogP contribution in [0.3, 0.4) is 0 Å². The van der Waals surface area contributed by atoms with E-state index in [0.717, 1.165) is 0 Å². The van der Waals surface area contributed by atoms with Gasteiger partial charge in [0.15, 0.2) is 0 Å². The molecule has 0 aromatic heterocycles. The van der Waals surface area contributed by atoms with Gasteiger partial charge in [-0.1, -0.05) is 6.92 Å². The minimum absolute atomic E-state index is 0.00581. The first-order valence-corrected chi connectivity index (χ1v) is 8.55. The number of nitrogens with zero attached hydrogens (tertiary/aromatic N) is 1. The Bertz CT molecular complexity index is 481. The van der Waals surface area contributed by atoms with Gasteiger partial charge in [-0.2, -0.15) is 0 Å². The summed E-state index contributed by atoms with van der Waals surface area (Å²) >= 11 is 0. The number of amides is 3. The van der Waals surface area contributed by atoms with Gasteiger partial charge in [-0.25, -0.2) is 9.59 Å². The molecule has 1 rings (SSSR count). The van der Waals surface area contributed by atoms with Gasteiger partial charge in [-0.3, -0.25) is 9.59 Å². The van der Waals surface area contributed by atoms with E-state index in [-0.39, 0.29) is 38.6 Å². The fourth-order valence-corrected chi connectivity index (χ4v) is 2.03. The van der Waals surface area contributed by atoms with Crippen molar-refractivity contribution in [2.45, 2.75) is 45.1 Å². The number of hydrogen-bond acceptors (Lipinski definition) is 8. The summed E-state index contributed by atoms with van der Waals surface area (Å²) in [6, 6.07) is 0. The average Bonchev–Trinajstić information content (AvgIpc) is 2.93. The molecule has 26 heavy (non-hydrogen) atoms. The Labute approximate surface area is 152 Å². The first-order valence-electron chi connectivity index (χ1n) is 8.55. The van der Waals surface area contributed by atoms with Crippen LogP contribution in [0, 0.1) is 0 Å². The van der Waals surface area contributed by atoms with Crippen LogP contribution in [-0.2, 0) is 33.4 Å². The topological polar surface area (TPSA) is 120 Å². The minimum atomic E-state index is -0.668. The third kappa shape index (κ3) is 8.26. The number of methoxy groups -OCH3 is 1. The van der Waals surface area contributed by atoms with E-state index >= 15 is 0 Å². The number of carbonyl (C=O) groups excluding carboxylic acids is 4. The number of hydroxylamine groups is 2. The molecule has 1 fully saturated rings. The van der Waals surface area contributed by atoms with Crippen molar-refractivity contribution in [1.82, 2.24) is 10.4 Å². The van der Waals surface area contributed by atoms with Crippen LogP contribution in [0.15, 0.2) is 0 Å². The highest BCUT2D eigenvalue weighted by molar-refractivity contribution is 6.01. The number of imide groups is 1. The average molecular weight is 374 g/mol. The summed E-state index contributed by atoms with van der Waals surface area (Å²) in [6.07, 6.45) is 0.275. The summed E-state index contributed by atoms with van der Waals surface area (Å²) in [5.41, 5.74) is 0. The van der Waals surface area contributed by atoms with Gasteiger partial charge in [0.2, 0.25) is 0 Å². The Morgan fingerprint density at radius 1 is 1.19 bits per heavy atom. The fourth-order valence-electron chi connectivity index (χ4n) is 2.03. The number of rotatable bonds is 12. The van der Waals surface area contributed by atoms with Gasteiger partial charge in [0.25, 0.3) is 11.8 Å². The lowest BCUT2D eigenvalue weighted by molar-refractivity contribution is -0.197. The largest absolute Gasteiger partial charge is 0.447 e. The summed E-state index contributed by atoms with van der Waals surface area (Å²) in [5, 5.41) is 3.05. The van der Waals surface area contributed by atoms with E-state index in [1.54, 1.807) is 0 Å². The number of carbonyl (C=O) groups is 4. The molecular formula is C16H26N2O8. The van der Waals surface area contributed by atoms with E-state index in [1.807, 2.05) is 6.92 Å². The van der Waals surface area contributed by atoms with Crippen LogP contribution in [0.4, 0.5) is 4.79 Å². The predicted octanol–water partition coefficient (Wildman–Crippen LogP) is 0.542. The van der Waals surface area contributed by atoms with Crippen molar-refractivity contribution in [1.29, 1.82) is 0 Å². The Morgan fingerprint density at radius 2 is 1.88 bits per heavy atom. The van der Waals surface area contributed by atoms with Crippen LogP contribution >= 0.6 is 0 Å². The van der Waals surface area contributed by atoms with Crippen molar-refractivity contribution in [3.05, 3.63) is 0 Å². The van der Waals surface area contributed by atoms with Crippen molar-refractivity contribution in [3.63, 3.8) is 0 Å². The minimum Gasteiger partial charge on any atom is -0.447 e. The van der Waals surface area contributed by atoms with Crippen molar-refractivity contribution >= 4 is 23.9 Å². The molecule has 1 aliphatic rings. The molecule has 0 aliphatic carbocycles. The van der Waals surface area contributed by atoms with Gasteiger partial charge in [0.05, 0.1) is 19.1 Å². The maximum absolute atomic E-state index is 11.6. The molecule has 0 aromatic carbocycles. The van der Waals surface area contributed by atoms with Crippen molar-refractivity contribution in [3.8, 4) is 0 Å². The molecule has 0 bridgehead atoms. The number of ether oxygens (including phenoxy) is 3. The van der Waals surface area contributed by atoms with Crippen molar-refractivity contribution in [2.75, 3.05) is 33.5 Å². The highest BCUT2D eigenvalue weighted by Crippen LogP contribution is 2.13. The predicted molar refractivity (Wildman–Crippen MR) is 87.7 cm³/mol. The second-order valence-electron chi connectivity index (χ2n) is 5.57. The summed E-state index contributed by atoms with van der Waals surface area (Å²) in [5.74, 6) is -1.68. The molecule has 1 N–H and O–H groups in total. The first kappa shape index (κ1) is 21.8. The Kier molecular flexibility index (Phi) is 10.3. The standard InChI is InChI=1S/C16H26N2O8/c1-3-12(11-25-16(22)17-8-10-23-2)24-9-4-5-15(21)26-18-13(19)6-7-14(18)20/h12H,3-11H2,1-2H3,(H,17,22). The van der Waals surface area contributed by atoms with Gasteiger partial charge in [-0.05, 0) is 12.8 Å². The highest BCUT2D eigenvalue weighted by atomic mass is 16.7. The van der Waals surface area contributed by atoms with Crippen LogP contribution in [0.2, 0.25) is 0 Å². The lowest BCUT2D eigenvalue weighted by Crippen LogP contribution is -2.32.